The Morgan fingerprint density at radius 2 is 2.00 bits per heavy atom. The molecule has 0 aromatic heterocycles. The number of amides is 1. The molecule has 29 heavy (non-hydrogen) atoms. The summed E-state index contributed by atoms with van der Waals surface area (Å²) in [5.74, 6) is 0.223. The lowest BCUT2D eigenvalue weighted by Crippen LogP contribution is -2.41. The number of benzene rings is 2. The molecule has 0 saturated heterocycles. The van der Waals surface area contributed by atoms with Crippen molar-refractivity contribution in [2.75, 3.05) is 26.5 Å². The summed E-state index contributed by atoms with van der Waals surface area (Å²) in [6, 6.07) is 12.8. The maximum Gasteiger partial charge on any atom is 0.333 e. The van der Waals surface area contributed by atoms with E-state index < -0.39 is 12.1 Å². The molecule has 1 unspecified atom stereocenters. The van der Waals surface area contributed by atoms with Crippen LogP contribution in [0, 0.1) is 6.92 Å². The number of aliphatic carboxylic acids is 1. The summed E-state index contributed by atoms with van der Waals surface area (Å²) in [5, 5.41) is 9.17. The van der Waals surface area contributed by atoms with Crippen LogP contribution in [-0.4, -0.2) is 54.5 Å². The van der Waals surface area contributed by atoms with Gasteiger partial charge in [-0.3, -0.25) is 4.79 Å². The van der Waals surface area contributed by atoms with Gasteiger partial charge in [0.2, 0.25) is 0 Å². The SMILES string of the molecule is CCOC(Cc1ccc(OCCN2COc3ccc(C)cc3C2=O)cc1)C(=O)O. The summed E-state index contributed by atoms with van der Waals surface area (Å²) in [4.78, 5) is 25.4. The van der Waals surface area contributed by atoms with Crippen LogP contribution in [0.3, 0.4) is 0 Å². The van der Waals surface area contributed by atoms with Gasteiger partial charge in [-0.25, -0.2) is 4.79 Å². The minimum Gasteiger partial charge on any atom is -0.492 e. The van der Waals surface area contributed by atoms with E-state index in [2.05, 4.69) is 0 Å². The van der Waals surface area contributed by atoms with Gasteiger partial charge in [0.05, 0.1) is 12.1 Å². The molecule has 3 rings (SSSR count). The molecule has 0 radical (unpaired) electrons. The first-order valence-corrected chi connectivity index (χ1v) is 9.56. The van der Waals surface area contributed by atoms with Gasteiger partial charge in [-0.15, -0.1) is 0 Å². The Balaban J connectivity index is 1.51. The zero-order valence-electron chi connectivity index (χ0n) is 16.6. The van der Waals surface area contributed by atoms with Crippen LogP contribution in [0.1, 0.15) is 28.4 Å². The van der Waals surface area contributed by atoms with E-state index in [1.807, 2.05) is 37.3 Å². The molecule has 0 fully saturated rings. The Morgan fingerprint density at radius 3 is 2.69 bits per heavy atom. The van der Waals surface area contributed by atoms with Gasteiger partial charge in [0.15, 0.2) is 12.8 Å². The number of hydrogen-bond acceptors (Lipinski definition) is 5. The number of hydrogen-bond donors (Lipinski definition) is 1. The summed E-state index contributed by atoms with van der Waals surface area (Å²) in [5.41, 5.74) is 2.43. The van der Waals surface area contributed by atoms with Gasteiger partial charge in [0, 0.05) is 13.0 Å². The van der Waals surface area contributed by atoms with Crippen LogP contribution < -0.4 is 9.47 Å². The molecule has 1 N–H and O–H groups in total. The summed E-state index contributed by atoms with van der Waals surface area (Å²) >= 11 is 0. The highest BCUT2D eigenvalue weighted by atomic mass is 16.5. The van der Waals surface area contributed by atoms with Crippen LogP contribution >= 0.6 is 0 Å². The second-order valence-electron chi connectivity index (χ2n) is 6.82. The zero-order chi connectivity index (χ0) is 20.8. The van der Waals surface area contributed by atoms with Crippen LogP contribution in [0.4, 0.5) is 0 Å². The van der Waals surface area contributed by atoms with E-state index in [1.165, 1.54) is 0 Å². The van der Waals surface area contributed by atoms with Crippen molar-refractivity contribution in [2.45, 2.75) is 26.4 Å². The number of carboxylic acid groups (broad SMARTS) is 1. The molecular weight excluding hydrogens is 374 g/mol. The van der Waals surface area contributed by atoms with Crippen molar-refractivity contribution >= 4 is 11.9 Å². The third kappa shape index (κ3) is 5.26. The second kappa shape index (κ2) is 9.43. The predicted molar refractivity (Wildman–Crippen MR) is 106 cm³/mol. The number of aryl methyl sites for hydroxylation is 1. The lowest BCUT2D eigenvalue weighted by atomic mass is 10.1. The highest BCUT2D eigenvalue weighted by Crippen LogP contribution is 2.25. The van der Waals surface area contributed by atoms with Gasteiger partial charge in [0.25, 0.3) is 5.91 Å². The van der Waals surface area contributed by atoms with Crippen LogP contribution in [0.25, 0.3) is 0 Å². The molecule has 7 heteroatoms. The van der Waals surface area contributed by atoms with Gasteiger partial charge in [-0.05, 0) is 43.7 Å². The van der Waals surface area contributed by atoms with E-state index >= 15 is 0 Å². The Hall–Kier alpha value is -3.06. The monoisotopic (exact) mass is 399 g/mol. The fourth-order valence-electron chi connectivity index (χ4n) is 3.11. The van der Waals surface area contributed by atoms with Gasteiger partial charge in [0.1, 0.15) is 18.1 Å². The highest BCUT2D eigenvalue weighted by Gasteiger charge is 2.25. The molecule has 1 amide bonds. The van der Waals surface area contributed by atoms with E-state index in [0.717, 1.165) is 11.1 Å². The summed E-state index contributed by atoms with van der Waals surface area (Å²) in [6.45, 7) is 4.98. The van der Waals surface area contributed by atoms with Crippen molar-refractivity contribution in [2.24, 2.45) is 0 Å². The molecule has 2 aromatic rings. The summed E-state index contributed by atoms with van der Waals surface area (Å²) in [6.07, 6.45) is -0.564. The van der Waals surface area contributed by atoms with Crippen molar-refractivity contribution in [3.63, 3.8) is 0 Å². The smallest absolute Gasteiger partial charge is 0.333 e. The Labute approximate surface area is 169 Å². The van der Waals surface area contributed by atoms with Crippen LogP contribution in [0.5, 0.6) is 11.5 Å². The molecule has 0 aliphatic carbocycles. The quantitative estimate of drug-likeness (QED) is 0.698. The maximum absolute atomic E-state index is 12.6. The highest BCUT2D eigenvalue weighted by molar-refractivity contribution is 5.97. The number of nitrogens with zero attached hydrogens (tertiary/aromatic N) is 1. The standard InChI is InChI=1S/C22H25NO6/c1-3-27-20(22(25)26)13-16-5-7-17(8-6-16)28-11-10-23-14-29-19-9-4-15(2)12-18(19)21(23)24/h4-9,12,20H,3,10-11,13-14H2,1-2H3,(H,25,26). The number of rotatable bonds is 9. The fourth-order valence-corrected chi connectivity index (χ4v) is 3.11. The van der Waals surface area contributed by atoms with Crippen molar-refractivity contribution < 1.29 is 28.9 Å². The first-order chi connectivity index (χ1) is 14.0. The summed E-state index contributed by atoms with van der Waals surface area (Å²) < 4.78 is 16.6. The third-order valence-corrected chi connectivity index (χ3v) is 4.65. The maximum atomic E-state index is 12.6. The number of fused-ring (bicyclic) bond motifs is 1. The minimum absolute atomic E-state index is 0.0652. The fraction of sp³-hybridized carbons (Fsp3) is 0.364. The predicted octanol–water partition coefficient (Wildman–Crippen LogP) is 2.90. The second-order valence-corrected chi connectivity index (χ2v) is 6.82. The van der Waals surface area contributed by atoms with E-state index in [1.54, 1.807) is 24.0 Å². The van der Waals surface area contributed by atoms with E-state index in [9.17, 15) is 9.59 Å². The van der Waals surface area contributed by atoms with Crippen LogP contribution in [0.2, 0.25) is 0 Å². The van der Waals surface area contributed by atoms with Crippen molar-refractivity contribution in [3.05, 3.63) is 59.2 Å². The Kier molecular flexibility index (Phi) is 6.72. The molecule has 7 nitrogen and oxygen atoms in total. The largest absolute Gasteiger partial charge is 0.492 e. The minimum atomic E-state index is -0.975. The molecule has 154 valence electrons. The molecule has 1 aliphatic heterocycles. The molecule has 1 aliphatic rings. The van der Waals surface area contributed by atoms with Crippen molar-refractivity contribution in [1.29, 1.82) is 0 Å². The molecule has 1 heterocycles. The number of carbonyl (C=O) groups excluding carboxylic acids is 1. The van der Waals surface area contributed by atoms with Crippen molar-refractivity contribution in [1.82, 2.24) is 4.90 Å². The lowest BCUT2D eigenvalue weighted by Gasteiger charge is -2.28. The first-order valence-electron chi connectivity index (χ1n) is 9.56. The van der Waals surface area contributed by atoms with E-state index in [-0.39, 0.29) is 12.6 Å². The molecule has 2 aromatic carbocycles. The van der Waals surface area contributed by atoms with Gasteiger partial charge < -0.3 is 24.2 Å². The molecule has 1 atom stereocenters. The van der Waals surface area contributed by atoms with Crippen LogP contribution in [-0.2, 0) is 16.0 Å². The first kappa shape index (κ1) is 20.7. The molecular formula is C22H25NO6. The number of ether oxygens (including phenoxy) is 3. The summed E-state index contributed by atoms with van der Waals surface area (Å²) in [7, 11) is 0. The van der Waals surface area contributed by atoms with Gasteiger partial charge in [-0.2, -0.15) is 0 Å². The number of carboxylic acids is 1. The lowest BCUT2D eigenvalue weighted by molar-refractivity contribution is -0.149. The Bertz CT molecular complexity index is 864. The average Bonchev–Trinajstić information content (AvgIpc) is 2.71. The van der Waals surface area contributed by atoms with E-state index in [4.69, 9.17) is 19.3 Å². The normalized spacial score (nSPS) is 14.1. The molecule has 0 saturated carbocycles. The Morgan fingerprint density at radius 1 is 1.24 bits per heavy atom. The van der Waals surface area contributed by atoms with Crippen molar-refractivity contribution in [3.8, 4) is 11.5 Å². The van der Waals surface area contributed by atoms with Gasteiger partial charge >= 0.3 is 5.97 Å². The van der Waals surface area contributed by atoms with E-state index in [0.29, 0.717) is 43.2 Å². The zero-order valence-corrected chi connectivity index (χ0v) is 16.6. The third-order valence-electron chi connectivity index (χ3n) is 4.65. The number of carbonyl (C=O) groups is 2. The molecule has 0 spiro atoms. The topological polar surface area (TPSA) is 85.3 Å². The van der Waals surface area contributed by atoms with Crippen LogP contribution in [0.15, 0.2) is 42.5 Å². The molecule has 0 bridgehead atoms. The average molecular weight is 399 g/mol. The van der Waals surface area contributed by atoms with Gasteiger partial charge in [-0.1, -0.05) is 23.8 Å².